The van der Waals surface area contributed by atoms with Crippen LogP contribution in [0.4, 0.5) is 0 Å². The minimum Gasteiger partial charge on any atom is -0.480 e. The maximum Gasteiger partial charge on any atom is 0.326 e. The molecule has 0 spiro atoms. The van der Waals surface area contributed by atoms with Gasteiger partial charge in [-0.05, 0) is 26.7 Å². The lowest BCUT2D eigenvalue weighted by atomic mass is 10.2. The third-order valence-electron chi connectivity index (χ3n) is 3.06. The van der Waals surface area contributed by atoms with Crippen LogP contribution in [-0.2, 0) is 14.4 Å². The van der Waals surface area contributed by atoms with Crippen LogP contribution in [0.2, 0.25) is 0 Å². The van der Waals surface area contributed by atoms with Crippen molar-refractivity contribution >= 4 is 17.8 Å². The fourth-order valence-electron chi connectivity index (χ4n) is 2.05. The van der Waals surface area contributed by atoms with E-state index in [0.717, 1.165) is 0 Å². The van der Waals surface area contributed by atoms with Crippen molar-refractivity contribution in [1.29, 1.82) is 0 Å². The summed E-state index contributed by atoms with van der Waals surface area (Å²) in [7, 11) is 0. The molecular formula is C11H18N2O5. The first-order valence-electron chi connectivity index (χ1n) is 5.86. The second-order valence-corrected chi connectivity index (χ2v) is 4.48. The van der Waals surface area contributed by atoms with E-state index in [1.165, 1.54) is 11.8 Å². The highest BCUT2D eigenvalue weighted by Gasteiger charge is 2.36. The maximum atomic E-state index is 12.0. The summed E-state index contributed by atoms with van der Waals surface area (Å²) in [5.41, 5.74) is 0. The van der Waals surface area contributed by atoms with E-state index >= 15 is 0 Å². The Morgan fingerprint density at radius 1 is 1.22 bits per heavy atom. The molecular weight excluding hydrogens is 240 g/mol. The van der Waals surface area contributed by atoms with Crippen molar-refractivity contribution in [3.8, 4) is 0 Å². The first kappa shape index (κ1) is 14.4. The highest BCUT2D eigenvalue weighted by molar-refractivity contribution is 5.87. The number of rotatable bonds is 5. The van der Waals surface area contributed by atoms with E-state index in [4.69, 9.17) is 10.2 Å². The summed E-state index contributed by atoms with van der Waals surface area (Å²) in [4.78, 5) is 35.0. The molecule has 0 aliphatic carbocycles. The van der Waals surface area contributed by atoms with Crippen LogP contribution in [0, 0.1) is 0 Å². The van der Waals surface area contributed by atoms with Crippen LogP contribution in [0.3, 0.4) is 0 Å². The highest BCUT2D eigenvalue weighted by Crippen LogP contribution is 2.18. The van der Waals surface area contributed by atoms with Crippen LogP contribution in [0.25, 0.3) is 0 Å². The molecule has 1 rings (SSSR count). The Kier molecular flexibility index (Phi) is 4.66. The lowest BCUT2D eigenvalue weighted by molar-refractivity contribution is -0.149. The molecule has 0 radical (unpaired) electrons. The zero-order valence-electron chi connectivity index (χ0n) is 10.4. The minimum atomic E-state index is -1.05. The summed E-state index contributed by atoms with van der Waals surface area (Å²) in [6.07, 6.45) is 1.10. The smallest absolute Gasteiger partial charge is 0.326 e. The van der Waals surface area contributed by atoms with E-state index in [-0.39, 0.29) is 5.91 Å². The van der Waals surface area contributed by atoms with Gasteiger partial charge in [0.15, 0.2) is 0 Å². The molecule has 1 amide bonds. The second kappa shape index (κ2) is 5.81. The van der Waals surface area contributed by atoms with Crippen molar-refractivity contribution in [1.82, 2.24) is 10.2 Å². The van der Waals surface area contributed by atoms with Gasteiger partial charge in [0.25, 0.3) is 0 Å². The minimum absolute atomic E-state index is 0.368. The van der Waals surface area contributed by atoms with E-state index in [0.29, 0.717) is 19.4 Å². The van der Waals surface area contributed by atoms with Gasteiger partial charge in [0.05, 0.1) is 6.04 Å². The van der Waals surface area contributed by atoms with Crippen molar-refractivity contribution in [2.45, 2.75) is 44.8 Å². The average molecular weight is 258 g/mol. The number of nitrogens with zero attached hydrogens (tertiary/aromatic N) is 1. The molecule has 0 saturated carbocycles. The van der Waals surface area contributed by atoms with Gasteiger partial charge < -0.3 is 15.1 Å². The number of hydrogen-bond donors (Lipinski definition) is 3. The van der Waals surface area contributed by atoms with E-state index in [2.05, 4.69) is 5.32 Å². The molecule has 7 heteroatoms. The van der Waals surface area contributed by atoms with Gasteiger partial charge in [-0.15, -0.1) is 0 Å². The molecule has 0 aromatic carbocycles. The van der Waals surface area contributed by atoms with Gasteiger partial charge in [0.1, 0.15) is 12.1 Å². The Labute approximate surface area is 105 Å². The van der Waals surface area contributed by atoms with E-state index in [9.17, 15) is 14.4 Å². The Morgan fingerprint density at radius 2 is 1.83 bits per heavy atom. The van der Waals surface area contributed by atoms with Crippen molar-refractivity contribution in [3.05, 3.63) is 0 Å². The number of hydrogen-bond acceptors (Lipinski definition) is 4. The molecule has 0 bridgehead atoms. The van der Waals surface area contributed by atoms with Crippen LogP contribution in [-0.4, -0.2) is 57.6 Å². The number of likely N-dealkylation sites (tertiary alicyclic amines) is 1. The highest BCUT2D eigenvalue weighted by atomic mass is 16.4. The van der Waals surface area contributed by atoms with Crippen molar-refractivity contribution < 1.29 is 24.6 Å². The normalized spacial score (nSPS) is 22.6. The number of amides is 1. The number of carbonyl (C=O) groups is 3. The topological polar surface area (TPSA) is 107 Å². The monoisotopic (exact) mass is 258 g/mol. The zero-order valence-corrected chi connectivity index (χ0v) is 10.4. The standard InChI is InChI=1S/C11H18N2O5/c1-6(12-7(2)10(15)16)9(14)13-5-3-4-8(13)11(17)18/h6-8,12H,3-5H2,1-2H3,(H,15,16)(H,17,18)/t6-,7?,8-/m0/s1. The largest absolute Gasteiger partial charge is 0.480 e. The fourth-order valence-corrected chi connectivity index (χ4v) is 2.05. The summed E-state index contributed by atoms with van der Waals surface area (Å²) < 4.78 is 0. The number of aliphatic carboxylic acids is 2. The molecule has 1 unspecified atom stereocenters. The third kappa shape index (κ3) is 3.19. The second-order valence-electron chi connectivity index (χ2n) is 4.48. The number of carboxylic acid groups (broad SMARTS) is 2. The molecule has 1 saturated heterocycles. The Balaban J connectivity index is 2.63. The predicted octanol–water partition coefficient (Wildman–Crippen LogP) is -0.487. The molecule has 1 fully saturated rings. The van der Waals surface area contributed by atoms with E-state index in [1.807, 2.05) is 0 Å². The molecule has 7 nitrogen and oxygen atoms in total. The summed E-state index contributed by atoms with van der Waals surface area (Å²) in [6.45, 7) is 3.38. The summed E-state index contributed by atoms with van der Waals surface area (Å²) in [6, 6.07) is -2.35. The number of carbonyl (C=O) groups excluding carboxylic acids is 1. The molecule has 1 aliphatic heterocycles. The molecule has 1 aliphatic rings. The zero-order chi connectivity index (χ0) is 13.9. The number of carboxylic acids is 2. The van der Waals surface area contributed by atoms with Gasteiger partial charge in [0, 0.05) is 6.54 Å². The third-order valence-corrected chi connectivity index (χ3v) is 3.06. The summed E-state index contributed by atoms with van der Waals surface area (Å²) in [5.74, 6) is -2.43. The van der Waals surface area contributed by atoms with Crippen molar-refractivity contribution in [2.24, 2.45) is 0 Å². The van der Waals surface area contributed by atoms with Crippen LogP contribution in [0.5, 0.6) is 0 Å². The van der Waals surface area contributed by atoms with Crippen LogP contribution in [0.15, 0.2) is 0 Å². The van der Waals surface area contributed by atoms with E-state index < -0.39 is 30.1 Å². The van der Waals surface area contributed by atoms with Crippen LogP contribution in [0.1, 0.15) is 26.7 Å². The van der Waals surface area contributed by atoms with Gasteiger partial charge in [-0.2, -0.15) is 0 Å². The SMILES string of the molecule is CC(N[C@@H](C)C(=O)N1CCC[C@H]1C(=O)O)C(=O)O. The summed E-state index contributed by atoms with van der Waals surface area (Å²) >= 11 is 0. The van der Waals surface area contributed by atoms with Gasteiger partial charge in [-0.1, -0.05) is 0 Å². The van der Waals surface area contributed by atoms with Gasteiger partial charge in [0.2, 0.25) is 5.91 Å². The van der Waals surface area contributed by atoms with Gasteiger partial charge in [-0.3, -0.25) is 14.9 Å². The van der Waals surface area contributed by atoms with Gasteiger partial charge >= 0.3 is 11.9 Å². The molecule has 3 atom stereocenters. The Hall–Kier alpha value is -1.63. The molecule has 102 valence electrons. The molecule has 0 aromatic rings. The van der Waals surface area contributed by atoms with Crippen molar-refractivity contribution in [2.75, 3.05) is 6.54 Å². The van der Waals surface area contributed by atoms with Crippen molar-refractivity contribution in [3.63, 3.8) is 0 Å². The first-order valence-corrected chi connectivity index (χ1v) is 5.86. The lowest BCUT2D eigenvalue weighted by Gasteiger charge is -2.26. The molecule has 1 heterocycles. The quantitative estimate of drug-likeness (QED) is 0.614. The number of nitrogens with one attached hydrogen (secondary N) is 1. The Morgan fingerprint density at radius 3 is 2.33 bits per heavy atom. The molecule has 3 N–H and O–H groups in total. The van der Waals surface area contributed by atoms with Crippen LogP contribution >= 0.6 is 0 Å². The fraction of sp³-hybridized carbons (Fsp3) is 0.727. The van der Waals surface area contributed by atoms with Gasteiger partial charge in [-0.25, -0.2) is 4.79 Å². The Bertz CT molecular complexity index is 357. The lowest BCUT2D eigenvalue weighted by Crippen LogP contribution is -2.52. The average Bonchev–Trinajstić information content (AvgIpc) is 2.76. The van der Waals surface area contributed by atoms with E-state index in [1.54, 1.807) is 6.92 Å². The first-order chi connectivity index (χ1) is 8.34. The predicted molar refractivity (Wildman–Crippen MR) is 62.1 cm³/mol. The molecule has 18 heavy (non-hydrogen) atoms. The summed E-state index contributed by atoms with van der Waals surface area (Å²) in [5, 5.41) is 20.3. The maximum absolute atomic E-state index is 12.0. The van der Waals surface area contributed by atoms with Crippen LogP contribution < -0.4 is 5.32 Å². The molecule has 0 aromatic heterocycles.